The molecule has 2 aromatic rings. The van der Waals surface area contributed by atoms with Crippen LogP contribution in [0.25, 0.3) is 0 Å². The molecule has 2 aromatic heterocycles. The third kappa shape index (κ3) is 4.77. The Balaban J connectivity index is 1.64. The molecule has 0 radical (unpaired) electrons. The molecular weight excluding hydrogens is 356 g/mol. The molecule has 1 aliphatic heterocycles. The van der Waals surface area contributed by atoms with Crippen LogP contribution in [0.3, 0.4) is 0 Å². The number of aliphatic hydroxyl groups is 1. The summed E-state index contributed by atoms with van der Waals surface area (Å²) in [5.74, 6) is 0.306. The zero-order valence-corrected chi connectivity index (χ0v) is 15.8. The Kier molecular flexibility index (Phi) is 5.54. The summed E-state index contributed by atoms with van der Waals surface area (Å²) < 4.78 is 24.6. The molecule has 0 fully saturated rings. The van der Waals surface area contributed by atoms with Gasteiger partial charge in [0.05, 0.1) is 23.7 Å². The molecule has 10 heteroatoms. The Morgan fingerprint density at radius 2 is 2.04 bits per heavy atom. The molecule has 0 bridgehead atoms. The molecule has 0 aliphatic carbocycles. The van der Waals surface area contributed by atoms with E-state index in [0.29, 0.717) is 24.7 Å². The van der Waals surface area contributed by atoms with E-state index < -0.39 is 15.9 Å². The van der Waals surface area contributed by atoms with E-state index in [1.54, 1.807) is 6.07 Å². The fourth-order valence-corrected chi connectivity index (χ4v) is 3.70. The quantitative estimate of drug-likeness (QED) is 0.700. The van der Waals surface area contributed by atoms with Crippen molar-refractivity contribution in [2.75, 3.05) is 30.4 Å². The summed E-state index contributed by atoms with van der Waals surface area (Å²) in [6.07, 6.45) is 3.65. The van der Waals surface area contributed by atoms with Gasteiger partial charge < -0.3 is 10.4 Å². The van der Waals surface area contributed by atoms with Gasteiger partial charge in [0.2, 0.25) is 5.95 Å². The second-order valence-electron chi connectivity index (χ2n) is 6.55. The second kappa shape index (κ2) is 7.68. The number of anilines is 1. The molecule has 26 heavy (non-hydrogen) atoms. The number of hydrogen-bond acceptors (Lipinski definition) is 8. The first-order valence-electron chi connectivity index (χ1n) is 8.53. The van der Waals surface area contributed by atoms with Crippen LogP contribution in [-0.4, -0.2) is 63.3 Å². The van der Waals surface area contributed by atoms with E-state index >= 15 is 0 Å². The minimum atomic E-state index is -3.26. The van der Waals surface area contributed by atoms with Crippen LogP contribution in [0.1, 0.15) is 30.0 Å². The van der Waals surface area contributed by atoms with Crippen molar-refractivity contribution in [3.8, 4) is 0 Å². The van der Waals surface area contributed by atoms with Gasteiger partial charge in [-0.25, -0.2) is 18.4 Å². The summed E-state index contributed by atoms with van der Waals surface area (Å²) >= 11 is 0. The Morgan fingerprint density at radius 1 is 1.31 bits per heavy atom. The van der Waals surface area contributed by atoms with Gasteiger partial charge in [0.25, 0.3) is 0 Å². The lowest BCUT2D eigenvalue weighted by atomic mass is 10.2. The molecule has 2 N–H and O–H groups in total. The smallest absolute Gasteiger partial charge is 0.222 e. The number of nitrogens with zero attached hydrogens (tertiary/aromatic N) is 5. The molecule has 0 saturated carbocycles. The molecule has 1 atom stereocenters. The average molecular weight is 380 g/mol. The number of sulfone groups is 1. The predicted octanol–water partition coefficient (Wildman–Crippen LogP) is 0.199. The Morgan fingerprint density at radius 3 is 2.69 bits per heavy atom. The highest BCUT2D eigenvalue weighted by Crippen LogP contribution is 2.20. The van der Waals surface area contributed by atoms with Gasteiger partial charge in [0.1, 0.15) is 15.9 Å². The van der Waals surface area contributed by atoms with Crippen molar-refractivity contribution < 1.29 is 13.5 Å². The van der Waals surface area contributed by atoms with Crippen LogP contribution in [0, 0.1) is 0 Å². The fourth-order valence-electron chi connectivity index (χ4n) is 2.96. The normalized spacial score (nSPS) is 16.3. The van der Waals surface area contributed by atoms with Crippen LogP contribution in [-0.2, 0) is 29.5 Å². The van der Waals surface area contributed by atoms with Crippen molar-refractivity contribution in [1.29, 1.82) is 0 Å². The SMILES string of the molecule is CCNc1ncc(CN2CCn3nc(C(O)CS(C)(=O)=O)cc3C2)cn1. The van der Waals surface area contributed by atoms with E-state index in [2.05, 4.69) is 25.3 Å². The Hall–Kier alpha value is -2.04. The number of nitrogens with one attached hydrogen (secondary N) is 1. The van der Waals surface area contributed by atoms with Crippen LogP contribution >= 0.6 is 0 Å². The zero-order chi connectivity index (χ0) is 18.7. The van der Waals surface area contributed by atoms with Gasteiger partial charge in [-0.05, 0) is 13.0 Å². The van der Waals surface area contributed by atoms with E-state index in [1.807, 2.05) is 24.0 Å². The van der Waals surface area contributed by atoms with Gasteiger partial charge in [-0.15, -0.1) is 0 Å². The monoisotopic (exact) mass is 380 g/mol. The summed E-state index contributed by atoms with van der Waals surface area (Å²) in [7, 11) is -3.26. The molecule has 142 valence electrons. The molecule has 1 aliphatic rings. The third-order valence-corrected chi connectivity index (χ3v) is 5.07. The highest BCUT2D eigenvalue weighted by molar-refractivity contribution is 7.90. The maximum Gasteiger partial charge on any atom is 0.222 e. The van der Waals surface area contributed by atoms with Crippen molar-refractivity contribution in [2.45, 2.75) is 32.7 Å². The Labute approximate surface area is 153 Å². The number of rotatable bonds is 7. The molecular formula is C16H24N6O3S. The van der Waals surface area contributed by atoms with Crippen molar-refractivity contribution >= 4 is 15.8 Å². The number of aromatic nitrogens is 4. The van der Waals surface area contributed by atoms with Gasteiger partial charge in [0.15, 0.2) is 0 Å². The number of fused-ring (bicyclic) bond motifs is 1. The van der Waals surface area contributed by atoms with Gasteiger partial charge in [-0.3, -0.25) is 9.58 Å². The largest absolute Gasteiger partial charge is 0.386 e. The first kappa shape index (κ1) is 18.7. The highest BCUT2D eigenvalue weighted by atomic mass is 32.2. The van der Waals surface area contributed by atoms with E-state index in [0.717, 1.165) is 37.1 Å². The van der Waals surface area contributed by atoms with Crippen molar-refractivity contribution in [2.24, 2.45) is 0 Å². The lowest BCUT2D eigenvalue weighted by Crippen LogP contribution is -2.33. The van der Waals surface area contributed by atoms with E-state index in [9.17, 15) is 13.5 Å². The standard InChI is InChI=1S/C16H24N6O3S/c1-3-17-16-18-7-12(8-19-16)9-21-4-5-22-13(10-21)6-14(20-22)15(23)11-26(2,24)25/h6-8,15,23H,3-5,9-11H2,1-2H3,(H,17,18,19). The van der Waals surface area contributed by atoms with Crippen molar-refractivity contribution in [1.82, 2.24) is 24.6 Å². The molecule has 9 nitrogen and oxygen atoms in total. The summed E-state index contributed by atoms with van der Waals surface area (Å²) in [4.78, 5) is 10.8. The third-order valence-electron chi connectivity index (χ3n) is 4.14. The molecule has 3 heterocycles. The van der Waals surface area contributed by atoms with E-state index in [4.69, 9.17) is 0 Å². The minimum absolute atomic E-state index is 0.317. The fraction of sp³-hybridized carbons (Fsp3) is 0.562. The zero-order valence-electron chi connectivity index (χ0n) is 15.0. The van der Waals surface area contributed by atoms with Crippen LogP contribution in [0.4, 0.5) is 5.95 Å². The highest BCUT2D eigenvalue weighted by Gasteiger charge is 2.23. The molecule has 0 spiro atoms. The van der Waals surface area contributed by atoms with E-state index in [1.165, 1.54) is 0 Å². The van der Waals surface area contributed by atoms with Crippen LogP contribution in [0.2, 0.25) is 0 Å². The summed E-state index contributed by atoms with van der Waals surface area (Å²) in [5, 5.41) is 17.5. The number of aliphatic hydroxyl groups excluding tert-OH is 1. The topological polar surface area (TPSA) is 113 Å². The van der Waals surface area contributed by atoms with E-state index in [-0.39, 0.29) is 5.75 Å². The Bertz CT molecular complexity index is 849. The molecule has 0 amide bonds. The lowest BCUT2D eigenvalue weighted by Gasteiger charge is -2.27. The maximum absolute atomic E-state index is 11.4. The maximum atomic E-state index is 11.4. The van der Waals surface area contributed by atoms with Crippen molar-refractivity contribution in [3.63, 3.8) is 0 Å². The molecule has 3 rings (SSSR count). The van der Waals surface area contributed by atoms with Crippen LogP contribution < -0.4 is 5.32 Å². The molecule has 0 aromatic carbocycles. The number of hydrogen-bond donors (Lipinski definition) is 2. The summed E-state index contributed by atoms with van der Waals surface area (Å²) in [5.41, 5.74) is 2.39. The van der Waals surface area contributed by atoms with Gasteiger partial charge in [-0.1, -0.05) is 0 Å². The lowest BCUT2D eigenvalue weighted by molar-refractivity contribution is 0.191. The molecule has 0 saturated heterocycles. The first-order chi connectivity index (χ1) is 12.3. The predicted molar refractivity (Wildman–Crippen MR) is 97.2 cm³/mol. The van der Waals surface area contributed by atoms with Gasteiger partial charge in [0, 0.05) is 50.4 Å². The summed E-state index contributed by atoms with van der Waals surface area (Å²) in [6, 6.07) is 1.78. The molecule has 1 unspecified atom stereocenters. The minimum Gasteiger partial charge on any atom is -0.386 e. The average Bonchev–Trinajstić information content (AvgIpc) is 2.99. The van der Waals surface area contributed by atoms with Gasteiger partial charge >= 0.3 is 0 Å². The van der Waals surface area contributed by atoms with Crippen LogP contribution in [0.15, 0.2) is 18.5 Å². The second-order valence-corrected chi connectivity index (χ2v) is 8.73. The van der Waals surface area contributed by atoms with Gasteiger partial charge in [-0.2, -0.15) is 5.10 Å². The van der Waals surface area contributed by atoms with Crippen LogP contribution in [0.5, 0.6) is 0 Å². The van der Waals surface area contributed by atoms with Crippen molar-refractivity contribution in [3.05, 3.63) is 35.4 Å². The summed E-state index contributed by atoms with van der Waals surface area (Å²) in [6.45, 7) is 5.67. The first-order valence-corrected chi connectivity index (χ1v) is 10.6.